The molecule has 0 amide bonds. The first-order valence-electron chi connectivity index (χ1n) is 5.05. The zero-order valence-corrected chi connectivity index (χ0v) is 9.53. The molecule has 0 saturated carbocycles. The largest absolute Gasteiger partial charge is 0.506 e. The molecule has 84 valence electrons. The van der Waals surface area contributed by atoms with Crippen LogP contribution in [0.3, 0.4) is 0 Å². The number of hydrogen-bond donors (Lipinski definition) is 1. The Hall–Kier alpha value is -2.07. The van der Waals surface area contributed by atoms with Gasteiger partial charge in [-0.15, -0.1) is 11.3 Å². The fraction of sp³-hybridized carbons (Fsp3) is 0. The highest BCUT2D eigenvalue weighted by atomic mass is 32.1. The molecule has 1 N–H and O–H groups in total. The molecule has 0 aliphatic rings. The van der Waals surface area contributed by atoms with Crippen LogP contribution in [0.4, 0.5) is 0 Å². The topological polar surface area (TPSA) is 50.4 Å². The lowest BCUT2D eigenvalue weighted by atomic mass is 10.1. The number of para-hydroxylation sites is 1. The molecule has 4 heteroatoms. The summed E-state index contributed by atoms with van der Waals surface area (Å²) >= 11 is 1.32. The maximum atomic E-state index is 11.8. The Balaban J connectivity index is 2.34. The predicted octanol–water partition coefficient (Wildman–Crippen LogP) is 3.23. The highest BCUT2D eigenvalue weighted by molar-refractivity contribution is 7.14. The van der Waals surface area contributed by atoms with Crippen LogP contribution in [0.1, 0.15) is 0 Å². The lowest BCUT2D eigenvalue weighted by Gasteiger charge is -2.00. The Morgan fingerprint density at radius 2 is 2.00 bits per heavy atom. The smallest absolute Gasteiger partial charge is 0.345 e. The van der Waals surface area contributed by atoms with Gasteiger partial charge in [0.2, 0.25) is 0 Å². The van der Waals surface area contributed by atoms with Crippen LogP contribution in [0.25, 0.3) is 21.4 Å². The van der Waals surface area contributed by atoms with Gasteiger partial charge in [0.15, 0.2) is 0 Å². The van der Waals surface area contributed by atoms with Crippen LogP contribution in [0, 0.1) is 0 Å². The molecule has 0 aliphatic heterocycles. The third kappa shape index (κ3) is 1.62. The summed E-state index contributed by atoms with van der Waals surface area (Å²) in [5, 5.41) is 12.2. The van der Waals surface area contributed by atoms with Gasteiger partial charge in [0.1, 0.15) is 11.3 Å². The van der Waals surface area contributed by atoms with E-state index >= 15 is 0 Å². The maximum Gasteiger partial charge on any atom is 0.345 e. The molecule has 0 radical (unpaired) electrons. The molecule has 1 aromatic carbocycles. The first kappa shape index (κ1) is 10.1. The number of aromatic hydroxyl groups is 1. The molecule has 0 bridgehead atoms. The van der Waals surface area contributed by atoms with Gasteiger partial charge in [-0.1, -0.05) is 18.2 Å². The van der Waals surface area contributed by atoms with E-state index in [1.807, 2.05) is 18.2 Å². The fourth-order valence-electron chi connectivity index (χ4n) is 1.72. The van der Waals surface area contributed by atoms with Crippen molar-refractivity contribution in [2.75, 3.05) is 0 Å². The van der Waals surface area contributed by atoms with Gasteiger partial charge in [-0.3, -0.25) is 0 Å². The molecular weight excluding hydrogens is 236 g/mol. The van der Waals surface area contributed by atoms with Crippen molar-refractivity contribution in [3.63, 3.8) is 0 Å². The molecular formula is C13H8O3S. The van der Waals surface area contributed by atoms with Crippen molar-refractivity contribution >= 4 is 22.3 Å². The average molecular weight is 244 g/mol. The number of benzene rings is 1. The second-order valence-corrected chi connectivity index (χ2v) is 4.54. The van der Waals surface area contributed by atoms with Crippen LogP contribution in [0.2, 0.25) is 0 Å². The van der Waals surface area contributed by atoms with Crippen molar-refractivity contribution < 1.29 is 9.52 Å². The Morgan fingerprint density at radius 3 is 2.76 bits per heavy atom. The number of rotatable bonds is 1. The van der Waals surface area contributed by atoms with Crippen molar-refractivity contribution in [2.45, 2.75) is 0 Å². The van der Waals surface area contributed by atoms with E-state index in [1.54, 1.807) is 23.6 Å². The highest BCUT2D eigenvalue weighted by Crippen LogP contribution is 2.33. The van der Waals surface area contributed by atoms with Gasteiger partial charge in [0, 0.05) is 5.39 Å². The predicted molar refractivity (Wildman–Crippen MR) is 67.5 cm³/mol. The van der Waals surface area contributed by atoms with Crippen molar-refractivity contribution in [3.05, 3.63) is 52.2 Å². The number of hydrogen-bond acceptors (Lipinski definition) is 4. The minimum Gasteiger partial charge on any atom is -0.506 e. The number of thiophene rings is 1. The molecule has 3 nitrogen and oxygen atoms in total. The Kier molecular flexibility index (Phi) is 2.23. The van der Waals surface area contributed by atoms with E-state index in [0.29, 0.717) is 16.0 Å². The van der Waals surface area contributed by atoms with Gasteiger partial charge in [-0.2, -0.15) is 0 Å². The minimum atomic E-state index is -0.429. The summed E-state index contributed by atoms with van der Waals surface area (Å²) in [6.45, 7) is 0. The second-order valence-electron chi connectivity index (χ2n) is 3.62. The quantitative estimate of drug-likeness (QED) is 0.668. The Labute approximate surface area is 101 Å². The van der Waals surface area contributed by atoms with Crippen molar-refractivity contribution in [2.24, 2.45) is 0 Å². The van der Waals surface area contributed by atoms with Gasteiger partial charge in [-0.05, 0) is 23.6 Å². The Morgan fingerprint density at radius 1 is 1.18 bits per heavy atom. The van der Waals surface area contributed by atoms with E-state index in [4.69, 9.17) is 4.42 Å². The van der Waals surface area contributed by atoms with Crippen molar-refractivity contribution in [3.8, 4) is 16.2 Å². The van der Waals surface area contributed by atoms with E-state index in [9.17, 15) is 9.90 Å². The van der Waals surface area contributed by atoms with Gasteiger partial charge >= 0.3 is 5.63 Å². The molecule has 3 rings (SSSR count). The van der Waals surface area contributed by atoms with Gasteiger partial charge in [0.25, 0.3) is 0 Å². The summed E-state index contributed by atoms with van der Waals surface area (Å²) in [6, 6.07) is 10.6. The summed E-state index contributed by atoms with van der Waals surface area (Å²) in [4.78, 5) is 12.4. The lowest BCUT2D eigenvalue weighted by Crippen LogP contribution is -2.01. The summed E-state index contributed by atoms with van der Waals surface area (Å²) in [7, 11) is 0. The molecule has 0 saturated heterocycles. The molecule has 0 spiro atoms. The van der Waals surface area contributed by atoms with Gasteiger partial charge in [0.05, 0.1) is 10.4 Å². The van der Waals surface area contributed by atoms with Crippen LogP contribution in [-0.2, 0) is 0 Å². The highest BCUT2D eigenvalue weighted by Gasteiger charge is 2.12. The monoisotopic (exact) mass is 244 g/mol. The van der Waals surface area contributed by atoms with Crippen LogP contribution in [0.15, 0.2) is 51.0 Å². The molecule has 0 fully saturated rings. The third-order valence-corrected chi connectivity index (χ3v) is 3.47. The summed E-state index contributed by atoms with van der Waals surface area (Å²) in [5.74, 6) is 0.109. The summed E-state index contributed by atoms with van der Waals surface area (Å²) in [6.07, 6.45) is 0. The second kappa shape index (κ2) is 3.75. The molecule has 2 heterocycles. The van der Waals surface area contributed by atoms with E-state index in [2.05, 4.69) is 0 Å². The van der Waals surface area contributed by atoms with E-state index < -0.39 is 5.63 Å². The van der Waals surface area contributed by atoms with Crippen LogP contribution in [-0.4, -0.2) is 5.11 Å². The zero-order chi connectivity index (χ0) is 11.8. The first-order chi connectivity index (χ1) is 8.25. The van der Waals surface area contributed by atoms with E-state index in [0.717, 1.165) is 5.39 Å². The number of fused-ring (bicyclic) bond motifs is 1. The van der Waals surface area contributed by atoms with Crippen LogP contribution < -0.4 is 5.63 Å². The molecule has 0 unspecified atom stereocenters. The first-order valence-corrected chi connectivity index (χ1v) is 5.93. The SMILES string of the molecule is O=c1oc2ccccc2cc1-c1sccc1O. The Bertz CT molecular complexity index is 740. The maximum absolute atomic E-state index is 11.8. The van der Waals surface area contributed by atoms with Crippen LogP contribution in [0.5, 0.6) is 5.75 Å². The van der Waals surface area contributed by atoms with Gasteiger partial charge < -0.3 is 9.52 Å². The normalized spacial score (nSPS) is 10.8. The summed E-state index contributed by atoms with van der Waals surface area (Å²) < 4.78 is 5.21. The molecule has 0 aliphatic carbocycles. The molecule has 0 atom stereocenters. The van der Waals surface area contributed by atoms with Crippen LogP contribution >= 0.6 is 11.3 Å². The fourth-order valence-corrected chi connectivity index (χ4v) is 2.52. The minimum absolute atomic E-state index is 0.109. The average Bonchev–Trinajstić information content (AvgIpc) is 2.74. The van der Waals surface area contributed by atoms with Crippen molar-refractivity contribution in [1.82, 2.24) is 0 Å². The third-order valence-electron chi connectivity index (χ3n) is 2.53. The molecule has 3 aromatic rings. The standard InChI is InChI=1S/C13H8O3S/c14-10-5-6-17-12(10)9-7-8-3-1-2-4-11(8)16-13(9)15/h1-7,14H. The summed E-state index contributed by atoms with van der Waals surface area (Å²) in [5.41, 5.74) is 0.523. The van der Waals surface area contributed by atoms with E-state index in [-0.39, 0.29) is 5.75 Å². The van der Waals surface area contributed by atoms with E-state index in [1.165, 1.54) is 11.3 Å². The molecule has 2 aromatic heterocycles. The van der Waals surface area contributed by atoms with Gasteiger partial charge in [-0.25, -0.2) is 4.79 Å². The zero-order valence-electron chi connectivity index (χ0n) is 8.71. The molecule has 17 heavy (non-hydrogen) atoms. The van der Waals surface area contributed by atoms with Crippen molar-refractivity contribution in [1.29, 1.82) is 0 Å². The lowest BCUT2D eigenvalue weighted by molar-refractivity contribution is 0.479.